The molecule has 17 heavy (non-hydrogen) atoms. The lowest BCUT2D eigenvalue weighted by Gasteiger charge is -2.18. The van der Waals surface area contributed by atoms with Crippen LogP contribution >= 0.6 is 0 Å². The molecular formula is C12H23N3O2. The number of nitrogens with zero attached hydrogens (tertiary/aromatic N) is 1. The van der Waals surface area contributed by atoms with Gasteiger partial charge in [-0.25, -0.2) is 0 Å². The van der Waals surface area contributed by atoms with Crippen molar-refractivity contribution in [2.45, 2.75) is 33.2 Å². The fourth-order valence-electron chi connectivity index (χ4n) is 1.86. The highest BCUT2D eigenvalue weighted by Crippen LogP contribution is 2.14. The third-order valence-corrected chi connectivity index (χ3v) is 3.21. The lowest BCUT2D eigenvalue weighted by atomic mass is 10.1. The van der Waals surface area contributed by atoms with Crippen molar-refractivity contribution in [3.63, 3.8) is 0 Å². The molecule has 0 bridgehead atoms. The van der Waals surface area contributed by atoms with Crippen molar-refractivity contribution in [1.29, 1.82) is 0 Å². The summed E-state index contributed by atoms with van der Waals surface area (Å²) >= 11 is 0. The zero-order chi connectivity index (χ0) is 13.0. The van der Waals surface area contributed by atoms with E-state index in [1.165, 1.54) is 0 Å². The number of nitrogens with one attached hydrogen (secondary N) is 1. The van der Waals surface area contributed by atoms with Crippen LogP contribution in [0.4, 0.5) is 0 Å². The fourth-order valence-corrected chi connectivity index (χ4v) is 1.86. The predicted octanol–water partition coefficient (Wildman–Crippen LogP) is -0.0457. The van der Waals surface area contributed by atoms with Crippen molar-refractivity contribution >= 4 is 11.8 Å². The van der Waals surface area contributed by atoms with Gasteiger partial charge in [-0.15, -0.1) is 0 Å². The molecule has 5 heteroatoms. The molecule has 0 spiro atoms. The number of amides is 2. The first kappa shape index (κ1) is 14.0. The molecule has 98 valence electrons. The monoisotopic (exact) mass is 241 g/mol. The third-order valence-electron chi connectivity index (χ3n) is 3.21. The highest BCUT2D eigenvalue weighted by atomic mass is 16.2. The van der Waals surface area contributed by atoms with Crippen LogP contribution < -0.4 is 11.1 Å². The fraction of sp³-hybridized carbons (Fsp3) is 0.833. The Morgan fingerprint density at radius 1 is 1.47 bits per heavy atom. The topological polar surface area (TPSA) is 75.4 Å². The summed E-state index contributed by atoms with van der Waals surface area (Å²) in [6.45, 7) is 7.55. The Balaban J connectivity index is 2.31. The van der Waals surface area contributed by atoms with E-state index in [0.717, 1.165) is 19.5 Å². The van der Waals surface area contributed by atoms with Gasteiger partial charge in [0.05, 0.1) is 12.6 Å². The average molecular weight is 241 g/mol. The van der Waals surface area contributed by atoms with Crippen LogP contribution in [-0.4, -0.2) is 42.4 Å². The zero-order valence-electron chi connectivity index (χ0n) is 10.9. The first-order valence-electron chi connectivity index (χ1n) is 6.23. The Hall–Kier alpha value is -1.10. The molecule has 0 aromatic rings. The Morgan fingerprint density at radius 2 is 2.12 bits per heavy atom. The maximum absolute atomic E-state index is 11.8. The molecule has 5 nitrogen and oxygen atoms in total. The van der Waals surface area contributed by atoms with Gasteiger partial charge in [0.15, 0.2) is 0 Å². The van der Waals surface area contributed by atoms with Gasteiger partial charge < -0.3 is 16.0 Å². The molecule has 1 saturated heterocycles. The Labute approximate surface area is 103 Å². The smallest absolute Gasteiger partial charge is 0.241 e. The summed E-state index contributed by atoms with van der Waals surface area (Å²) in [5.74, 6) is 0.378. The second-order valence-corrected chi connectivity index (χ2v) is 5.22. The molecule has 0 saturated carbocycles. The quantitative estimate of drug-likeness (QED) is 0.725. The number of carbonyl (C=O) groups is 2. The Kier molecular flexibility index (Phi) is 4.93. The summed E-state index contributed by atoms with van der Waals surface area (Å²) in [5, 5.41) is 2.60. The molecule has 1 heterocycles. The van der Waals surface area contributed by atoms with E-state index in [9.17, 15) is 9.59 Å². The molecule has 3 N–H and O–H groups in total. The number of hydrogen-bond donors (Lipinski definition) is 2. The van der Waals surface area contributed by atoms with Crippen molar-refractivity contribution in [1.82, 2.24) is 10.2 Å². The van der Waals surface area contributed by atoms with Crippen LogP contribution in [0.15, 0.2) is 0 Å². The second kappa shape index (κ2) is 6.00. The van der Waals surface area contributed by atoms with Crippen LogP contribution in [0, 0.1) is 11.8 Å². The van der Waals surface area contributed by atoms with E-state index in [1.54, 1.807) is 4.90 Å². The van der Waals surface area contributed by atoms with Gasteiger partial charge in [0.25, 0.3) is 0 Å². The van der Waals surface area contributed by atoms with Crippen molar-refractivity contribution in [3.8, 4) is 0 Å². The van der Waals surface area contributed by atoms with E-state index in [-0.39, 0.29) is 24.3 Å². The van der Waals surface area contributed by atoms with Crippen LogP contribution in [0.25, 0.3) is 0 Å². The SMILES string of the molecule is CC1CCN(C(=O)CNC(=O)[C@@H](N)C(C)C)C1. The first-order valence-corrected chi connectivity index (χ1v) is 6.23. The normalized spacial score (nSPS) is 21.7. The van der Waals surface area contributed by atoms with E-state index < -0.39 is 6.04 Å². The molecule has 1 fully saturated rings. The van der Waals surface area contributed by atoms with Gasteiger partial charge in [0.1, 0.15) is 0 Å². The van der Waals surface area contributed by atoms with Crippen LogP contribution in [0.3, 0.4) is 0 Å². The van der Waals surface area contributed by atoms with E-state index in [1.807, 2.05) is 13.8 Å². The summed E-state index contributed by atoms with van der Waals surface area (Å²) in [5.41, 5.74) is 5.68. The highest BCUT2D eigenvalue weighted by Gasteiger charge is 2.24. The largest absolute Gasteiger partial charge is 0.346 e. The van der Waals surface area contributed by atoms with Gasteiger partial charge in [-0.2, -0.15) is 0 Å². The molecule has 1 rings (SSSR count). The minimum absolute atomic E-state index is 0.0151. The number of nitrogens with two attached hydrogens (primary N) is 1. The minimum Gasteiger partial charge on any atom is -0.346 e. The number of likely N-dealkylation sites (tertiary alicyclic amines) is 1. The molecule has 0 aromatic carbocycles. The van der Waals surface area contributed by atoms with Crippen LogP contribution in [0.2, 0.25) is 0 Å². The number of rotatable bonds is 4. The third kappa shape index (κ3) is 4.00. The predicted molar refractivity (Wildman–Crippen MR) is 66.2 cm³/mol. The minimum atomic E-state index is -0.541. The van der Waals surface area contributed by atoms with Crippen LogP contribution in [-0.2, 0) is 9.59 Å². The molecule has 1 unspecified atom stereocenters. The maximum atomic E-state index is 11.8. The molecule has 1 aliphatic rings. The van der Waals surface area contributed by atoms with Crippen molar-refractivity contribution in [2.24, 2.45) is 17.6 Å². The van der Waals surface area contributed by atoms with E-state index in [0.29, 0.717) is 5.92 Å². The Morgan fingerprint density at radius 3 is 2.59 bits per heavy atom. The first-order chi connectivity index (χ1) is 7.91. The van der Waals surface area contributed by atoms with Crippen molar-refractivity contribution < 1.29 is 9.59 Å². The van der Waals surface area contributed by atoms with Gasteiger partial charge in [-0.3, -0.25) is 9.59 Å². The molecule has 0 radical (unpaired) electrons. The van der Waals surface area contributed by atoms with Gasteiger partial charge in [0, 0.05) is 13.1 Å². The van der Waals surface area contributed by atoms with Crippen molar-refractivity contribution in [2.75, 3.05) is 19.6 Å². The summed E-state index contributed by atoms with van der Waals surface area (Å²) < 4.78 is 0. The van der Waals surface area contributed by atoms with Crippen LogP contribution in [0.5, 0.6) is 0 Å². The van der Waals surface area contributed by atoms with E-state index in [2.05, 4.69) is 12.2 Å². The summed E-state index contributed by atoms with van der Waals surface area (Å²) in [4.78, 5) is 25.1. The summed E-state index contributed by atoms with van der Waals surface area (Å²) in [7, 11) is 0. The van der Waals surface area contributed by atoms with Gasteiger partial charge in [-0.1, -0.05) is 20.8 Å². The van der Waals surface area contributed by atoms with Crippen LogP contribution in [0.1, 0.15) is 27.2 Å². The lowest BCUT2D eigenvalue weighted by molar-refractivity contribution is -0.132. The maximum Gasteiger partial charge on any atom is 0.241 e. The molecule has 0 aliphatic carbocycles. The van der Waals surface area contributed by atoms with Gasteiger partial charge >= 0.3 is 0 Å². The van der Waals surface area contributed by atoms with E-state index >= 15 is 0 Å². The molecule has 2 amide bonds. The van der Waals surface area contributed by atoms with Crippen molar-refractivity contribution in [3.05, 3.63) is 0 Å². The number of carbonyl (C=O) groups excluding carboxylic acids is 2. The van der Waals surface area contributed by atoms with Gasteiger partial charge in [0.2, 0.25) is 11.8 Å². The average Bonchev–Trinajstić information content (AvgIpc) is 2.71. The van der Waals surface area contributed by atoms with Gasteiger partial charge in [-0.05, 0) is 18.3 Å². The second-order valence-electron chi connectivity index (χ2n) is 5.22. The molecule has 2 atom stereocenters. The lowest BCUT2D eigenvalue weighted by Crippen LogP contribution is -2.47. The Bertz CT molecular complexity index is 291. The molecule has 1 aliphatic heterocycles. The highest BCUT2D eigenvalue weighted by molar-refractivity contribution is 5.87. The number of hydrogen-bond acceptors (Lipinski definition) is 3. The summed E-state index contributed by atoms with van der Waals surface area (Å²) in [6, 6.07) is -0.541. The standard InChI is InChI=1S/C12H23N3O2/c1-8(2)11(13)12(17)14-6-10(16)15-5-4-9(3)7-15/h8-9,11H,4-7,13H2,1-3H3,(H,14,17)/t9?,11-/m0/s1. The zero-order valence-corrected chi connectivity index (χ0v) is 10.9. The molecular weight excluding hydrogens is 218 g/mol. The van der Waals surface area contributed by atoms with E-state index in [4.69, 9.17) is 5.73 Å². The summed E-state index contributed by atoms with van der Waals surface area (Å²) in [6.07, 6.45) is 1.05. The molecule has 0 aromatic heterocycles.